The second kappa shape index (κ2) is 14.6. The van der Waals surface area contributed by atoms with Crippen molar-refractivity contribution in [3.63, 3.8) is 0 Å². The first-order valence-electron chi connectivity index (χ1n) is 8.67. The summed E-state index contributed by atoms with van der Waals surface area (Å²) >= 11 is 0. The van der Waals surface area contributed by atoms with Crippen LogP contribution in [0.3, 0.4) is 0 Å². The average molecular weight is 371 g/mol. The number of aliphatic hydroxyl groups is 1. The van der Waals surface area contributed by atoms with Crippen LogP contribution in [0.25, 0.3) is 0 Å². The molecule has 3 atom stereocenters. The number of quaternary nitrogens is 1. The molecule has 0 fully saturated rings. The fourth-order valence-corrected chi connectivity index (χ4v) is 2.99. The molecule has 0 aliphatic rings. The third-order valence-electron chi connectivity index (χ3n) is 4.43. The van der Waals surface area contributed by atoms with Crippen molar-refractivity contribution >= 4 is 11.9 Å². The monoisotopic (exact) mass is 370 g/mol. The summed E-state index contributed by atoms with van der Waals surface area (Å²) < 4.78 is 0.108. The Morgan fingerprint density at radius 3 is 1.96 bits per heavy atom. The van der Waals surface area contributed by atoms with Gasteiger partial charge >= 0.3 is 57.4 Å². The number of aliphatic carboxylic acids is 2. The van der Waals surface area contributed by atoms with Crippen molar-refractivity contribution in [3.05, 3.63) is 0 Å². The molecule has 0 rings (SSSR count). The summed E-state index contributed by atoms with van der Waals surface area (Å²) in [5.74, 6) is -3.43. The van der Waals surface area contributed by atoms with Crippen LogP contribution in [0.4, 0.5) is 0 Å². The van der Waals surface area contributed by atoms with E-state index in [0.29, 0.717) is 6.54 Å². The van der Waals surface area contributed by atoms with Crippen molar-refractivity contribution in [1.29, 1.82) is 0 Å². The Balaban J connectivity index is 0. The van der Waals surface area contributed by atoms with E-state index in [-0.39, 0.29) is 75.7 Å². The van der Waals surface area contributed by atoms with Crippen molar-refractivity contribution in [2.45, 2.75) is 59.3 Å². The van der Waals surface area contributed by atoms with Crippen LogP contribution in [0.1, 0.15) is 59.3 Å². The van der Waals surface area contributed by atoms with E-state index in [0.717, 1.165) is 19.3 Å². The van der Waals surface area contributed by atoms with Gasteiger partial charge < -0.3 is 20.1 Å². The maximum atomic E-state index is 11.1. The molecule has 0 saturated heterocycles. The van der Waals surface area contributed by atoms with Gasteiger partial charge in [0.2, 0.25) is 0 Å². The van der Waals surface area contributed by atoms with Gasteiger partial charge in [-0.25, -0.2) is 0 Å². The van der Waals surface area contributed by atoms with E-state index in [9.17, 15) is 19.8 Å². The van der Waals surface area contributed by atoms with Crippen LogP contribution in [-0.2, 0) is 9.59 Å². The van der Waals surface area contributed by atoms with Crippen molar-refractivity contribution in [2.75, 3.05) is 26.4 Å². The third-order valence-corrected chi connectivity index (χ3v) is 4.43. The number of aliphatic hydroxyl groups excluding tert-OH is 1. The summed E-state index contributed by atoms with van der Waals surface area (Å²) in [6.07, 6.45) is 6.55. The quantitative estimate of drug-likeness (QED) is 0.163. The van der Waals surface area contributed by atoms with Gasteiger partial charge in [0.25, 0.3) is 0 Å². The number of hydrogen-bond donors (Lipinski definition) is 2. The van der Waals surface area contributed by atoms with E-state index >= 15 is 0 Å². The van der Waals surface area contributed by atoms with E-state index < -0.39 is 23.8 Å². The molecule has 3 unspecified atom stereocenters. The molecule has 0 aromatic carbocycles. The van der Waals surface area contributed by atoms with Crippen LogP contribution in [-0.4, -0.2) is 53.0 Å². The maximum absolute atomic E-state index is 11.1. The van der Waals surface area contributed by atoms with Crippen LogP contribution in [0, 0.1) is 11.8 Å². The molecule has 0 amide bonds. The number of carbonyl (C=O) groups is 2. The van der Waals surface area contributed by atoms with Crippen molar-refractivity contribution in [1.82, 2.24) is 0 Å². The fraction of sp³-hybridized carbons (Fsp3) is 0.882. The zero-order valence-corrected chi connectivity index (χ0v) is 18.9. The molecule has 2 N–H and O–H groups in total. The number of carbonyl (C=O) groups excluding carboxylic acids is 1. The molecule has 7 heteroatoms. The first-order valence-corrected chi connectivity index (χ1v) is 8.67. The van der Waals surface area contributed by atoms with Crippen LogP contribution < -0.4 is 56.5 Å². The smallest absolute Gasteiger partial charge is 0.550 e. The minimum atomic E-state index is -1.16. The summed E-state index contributed by atoms with van der Waals surface area (Å²) in [7, 11) is 0. The molecule has 6 nitrogen and oxygen atoms in total. The molecule has 0 aliphatic heterocycles. The molecule has 0 heterocycles. The van der Waals surface area contributed by atoms with Crippen molar-refractivity contribution < 1.29 is 80.8 Å². The van der Waals surface area contributed by atoms with Gasteiger partial charge in [-0.15, -0.1) is 0 Å². The number of rotatable bonds is 14. The van der Waals surface area contributed by atoms with Crippen LogP contribution >= 0.6 is 0 Å². The Labute approximate surface area is 188 Å². The first kappa shape index (κ1) is 26.7. The molecule has 0 saturated carbocycles. The zero-order chi connectivity index (χ0) is 17.9. The van der Waals surface area contributed by atoms with Gasteiger partial charge in [-0.05, 0) is 19.8 Å². The number of hydrogen-bond acceptors (Lipinski definition) is 4. The molecule has 0 spiro atoms. The second-order valence-electron chi connectivity index (χ2n) is 6.80. The van der Waals surface area contributed by atoms with Gasteiger partial charge in [0.1, 0.15) is 5.92 Å². The van der Waals surface area contributed by atoms with Crippen LogP contribution in [0.15, 0.2) is 0 Å². The van der Waals surface area contributed by atoms with Gasteiger partial charge in [-0.2, -0.15) is 0 Å². The Bertz CT molecular complexity index is 343. The normalized spacial score (nSPS) is 15.8. The molecular formula is C17H33KNO5+. The summed E-state index contributed by atoms with van der Waals surface area (Å²) in [5.41, 5.74) is 0. The van der Waals surface area contributed by atoms with Gasteiger partial charge in [-0.3, -0.25) is 9.28 Å². The summed E-state index contributed by atoms with van der Waals surface area (Å²) in [4.78, 5) is 22.2. The van der Waals surface area contributed by atoms with E-state index in [1.165, 1.54) is 19.3 Å². The summed E-state index contributed by atoms with van der Waals surface area (Å²) in [6, 6.07) is 0. The van der Waals surface area contributed by atoms with Gasteiger partial charge in [-0.1, -0.05) is 39.5 Å². The summed E-state index contributed by atoms with van der Waals surface area (Å²) in [5, 5.41) is 30.0. The minimum Gasteiger partial charge on any atom is -0.550 e. The Hall–Kier alpha value is 0.496. The molecule has 0 radical (unpaired) electrons. The molecule has 0 aromatic rings. The molecule has 136 valence electrons. The predicted octanol–water partition coefficient (Wildman–Crippen LogP) is -1.78. The van der Waals surface area contributed by atoms with Gasteiger partial charge in [0.15, 0.2) is 6.73 Å². The topological polar surface area (TPSA) is 97.7 Å². The zero-order valence-electron chi connectivity index (χ0n) is 15.8. The number of nitrogens with zero attached hydrogens (tertiary/aromatic N) is 1. The third kappa shape index (κ3) is 11.2. The van der Waals surface area contributed by atoms with Crippen molar-refractivity contribution in [2.24, 2.45) is 11.8 Å². The van der Waals surface area contributed by atoms with Crippen molar-refractivity contribution in [3.8, 4) is 0 Å². The largest absolute Gasteiger partial charge is 1.00 e. The Morgan fingerprint density at radius 2 is 1.50 bits per heavy atom. The molecule has 0 aliphatic carbocycles. The molecule has 0 bridgehead atoms. The first-order chi connectivity index (χ1) is 10.8. The fourth-order valence-electron chi connectivity index (χ4n) is 2.99. The summed E-state index contributed by atoms with van der Waals surface area (Å²) in [6.45, 7) is 6.08. The number of carboxylic acid groups (broad SMARTS) is 2. The minimum absolute atomic E-state index is 0. The standard InChI is InChI=1S/C17H33NO5.K/c1-4-5-6-7-8-9-10-18(13-19,11-14(2)16(20)21)12-15(3)17(22)23;/h14-15,19H,4-13H2,1-3H3,(H-,20,21,22,23);/q;+1. The van der Waals surface area contributed by atoms with E-state index in [2.05, 4.69) is 6.92 Å². The predicted molar refractivity (Wildman–Crippen MR) is 86.3 cm³/mol. The van der Waals surface area contributed by atoms with Crippen LogP contribution in [0.2, 0.25) is 0 Å². The molecule has 24 heavy (non-hydrogen) atoms. The SMILES string of the molecule is CCCCCCCC[N+](CO)(CC(C)C(=O)[O-])CC(C)C(=O)O.[K+]. The molecule has 0 aromatic heterocycles. The second-order valence-corrected chi connectivity index (χ2v) is 6.80. The van der Waals surface area contributed by atoms with Crippen LogP contribution in [0.5, 0.6) is 0 Å². The maximum Gasteiger partial charge on any atom is 1.00 e. The van der Waals surface area contributed by atoms with Gasteiger partial charge in [0, 0.05) is 11.9 Å². The Kier molecular flexibility index (Phi) is 16.3. The van der Waals surface area contributed by atoms with E-state index in [1.54, 1.807) is 13.8 Å². The molecular weight excluding hydrogens is 337 g/mol. The van der Waals surface area contributed by atoms with E-state index in [4.69, 9.17) is 5.11 Å². The van der Waals surface area contributed by atoms with Gasteiger partial charge in [0.05, 0.1) is 19.6 Å². The number of carboxylic acids is 2. The van der Waals surface area contributed by atoms with E-state index in [1.807, 2.05) is 0 Å². The number of unbranched alkanes of at least 4 members (excludes halogenated alkanes) is 5. The average Bonchev–Trinajstić information content (AvgIpc) is 2.50. The Morgan fingerprint density at radius 1 is 1.00 bits per heavy atom.